The second-order valence-corrected chi connectivity index (χ2v) is 3.28. The summed E-state index contributed by atoms with van der Waals surface area (Å²) < 4.78 is 12.8. The average molecular weight is 195 g/mol. The van der Waals surface area contributed by atoms with Crippen LogP contribution in [-0.4, -0.2) is 18.9 Å². The van der Waals surface area contributed by atoms with Crippen molar-refractivity contribution in [1.82, 2.24) is 5.32 Å². The number of rotatable bonds is 4. The summed E-state index contributed by atoms with van der Waals surface area (Å²) in [6, 6.07) is 5.94. The van der Waals surface area contributed by atoms with Crippen LogP contribution in [0.25, 0.3) is 0 Å². The Kier molecular flexibility index (Phi) is 3.77. The van der Waals surface area contributed by atoms with E-state index in [-0.39, 0.29) is 24.1 Å². The monoisotopic (exact) mass is 195 g/mol. The molecule has 0 aromatic heterocycles. The number of likely N-dealkylation sites (N-methyl/N-ethyl adjacent to an activating group) is 1. The lowest BCUT2D eigenvalue weighted by atomic mass is 10.1. The fraction of sp³-hybridized carbons (Fsp3) is 0.364. The molecule has 14 heavy (non-hydrogen) atoms. The van der Waals surface area contributed by atoms with Crippen molar-refractivity contribution in [3.8, 4) is 0 Å². The van der Waals surface area contributed by atoms with E-state index in [2.05, 4.69) is 5.32 Å². The van der Waals surface area contributed by atoms with Crippen LogP contribution >= 0.6 is 0 Å². The van der Waals surface area contributed by atoms with Crippen molar-refractivity contribution in [3.63, 3.8) is 0 Å². The van der Waals surface area contributed by atoms with Crippen molar-refractivity contribution in [2.75, 3.05) is 7.05 Å². The number of benzene rings is 1. The zero-order chi connectivity index (χ0) is 10.6. The van der Waals surface area contributed by atoms with Crippen molar-refractivity contribution in [3.05, 3.63) is 35.6 Å². The first-order valence-corrected chi connectivity index (χ1v) is 4.58. The van der Waals surface area contributed by atoms with Crippen LogP contribution in [-0.2, 0) is 11.2 Å². The molecule has 76 valence electrons. The van der Waals surface area contributed by atoms with Crippen molar-refractivity contribution < 1.29 is 9.18 Å². The minimum atomic E-state index is -0.299. The summed E-state index contributed by atoms with van der Waals surface area (Å²) in [5.74, 6) is -0.231. The molecule has 0 unspecified atom stereocenters. The van der Waals surface area contributed by atoms with Crippen LogP contribution in [0.1, 0.15) is 12.5 Å². The molecule has 0 amide bonds. The van der Waals surface area contributed by atoms with Crippen LogP contribution in [0.15, 0.2) is 24.3 Å². The van der Waals surface area contributed by atoms with Gasteiger partial charge in [-0.25, -0.2) is 4.39 Å². The predicted octanol–water partition coefficient (Wildman–Crippen LogP) is 1.55. The molecular formula is C11H14FNO. The number of hydrogen-bond donors (Lipinski definition) is 1. The van der Waals surface area contributed by atoms with Gasteiger partial charge in [0.2, 0.25) is 0 Å². The summed E-state index contributed by atoms with van der Waals surface area (Å²) in [4.78, 5) is 11.5. The van der Waals surface area contributed by atoms with E-state index >= 15 is 0 Å². The number of halogens is 1. The summed E-state index contributed by atoms with van der Waals surface area (Å²) >= 11 is 0. The van der Waals surface area contributed by atoms with Gasteiger partial charge in [-0.3, -0.25) is 4.79 Å². The molecule has 0 radical (unpaired) electrons. The van der Waals surface area contributed by atoms with Gasteiger partial charge in [-0.05, 0) is 31.7 Å². The predicted molar refractivity (Wildman–Crippen MR) is 53.6 cm³/mol. The number of hydrogen-bond acceptors (Lipinski definition) is 2. The maximum atomic E-state index is 12.8. The highest BCUT2D eigenvalue weighted by atomic mass is 19.1. The Labute approximate surface area is 83.1 Å². The highest BCUT2D eigenvalue weighted by Gasteiger charge is 2.10. The standard InChI is InChI=1S/C11H14FNO/c1-8(13-2)11(14)7-9-4-3-5-10(12)6-9/h3-6,8,13H,7H2,1-2H3/t8-/m1/s1. The molecule has 0 spiro atoms. The molecule has 0 saturated heterocycles. The number of nitrogens with one attached hydrogen (secondary N) is 1. The lowest BCUT2D eigenvalue weighted by Gasteiger charge is -2.08. The fourth-order valence-electron chi connectivity index (χ4n) is 1.16. The van der Waals surface area contributed by atoms with Crippen LogP contribution in [0.5, 0.6) is 0 Å². The fourth-order valence-corrected chi connectivity index (χ4v) is 1.16. The zero-order valence-electron chi connectivity index (χ0n) is 8.38. The Morgan fingerprint density at radius 1 is 1.57 bits per heavy atom. The van der Waals surface area contributed by atoms with E-state index in [4.69, 9.17) is 0 Å². The summed E-state index contributed by atoms with van der Waals surface area (Å²) in [6.07, 6.45) is 0.278. The van der Waals surface area contributed by atoms with Crippen molar-refractivity contribution >= 4 is 5.78 Å². The topological polar surface area (TPSA) is 29.1 Å². The maximum absolute atomic E-state index is 12.8. The SMILES string of the molecule is CN[C@H](C)C(=O)Cc1cccc(F)c1. The lowest BCUT2D eigenvalue weighted by molar-refractivity contribution is -0.119. The third-order valence-electron chi connectivity index (χ3n) is 2.18. The lowest BCUT2D eigenvalue weighted by Crippen LogP contribution is -2.31. The smallest absolute Gasteiger partial charge is 0.153 e. The van der Waals surface area contributed by atoms with Crippen molar-refractivity contribution in [2.45, 2.75) is 19.4 Å². The second-order valence-electron chi connectivity index (χ2n) is 3.28. The van der Waals surface area contributed by atoms with E-state index in [9.17, 15) is 9.18 Å². The molecular weight excluding hydrogens is 181 g/mol. The number of carbonyl (C=O) groups is 1. The van der Waals surface area contributed by atoms with E-state index < -0.39 is 0 Å². The summed E-state index contributed by atoms with van der Waals surface area (Å²) in [5, 5.41) is 2.86. The second kappa shape index (κ2) is 4.86. The highest BCUT2D eigenvalue weighted by Crippen LogP contribution is 2.05. The molecule has 0 aliphatic carbocycles. The Morgan fingerprint density at radius 2 is 2.29 bits per heavy atom. The van der Waals surface area contributed by atoms with Crippen LogP contribution < -0.4 is 5.32 Å². The Balaban J connectivity index is 2.65. The molecule has 1 aromatic rings. The summed E-state index contributed by atoms with van der Waals surface area (Å²) in [5.41, 5.74) is 0.720. The number of carbonyl (C=O) groups excluding carboxylic acids is 1. The minimum absolute atomic E-state index is 0.0677. The summed E-state index contributed by atoms with van der Waals surface area (Å²) in [7, 11) is 1.73. The average Bonchev–Trinajstić information content (AvgIpc) is 2.16. The van der Waals surface area contributed by atoms with Gasteiger partial charge in [0.05, 0.1) is 6.04 Å². The molecule has 0 aliphatic rings. The van der Waals surface area contributed by atoms with Gasteiger partial charge >= 0.3 is 0 Å². The zero-order valence-corrected chi connectivity index (χ0v) is 8.38. The van der Waals surface area contributed by atoms with Crippen LogP contribution in [0.4, 0.5) is 4.39 Å². The van der Waals surface area contributed by atoms with Gasteiger partial charge in [0.25, 0.3) is 0 Å². The molecule has 0 bridgehead atoms. The molecule has 0 saturated carbocycles. The van der Waals surface area contributed by atoms with Gasteiger partial charge in [-0.1, -0.05) is 12.1 Å². The van der Waals surface area contributed by atoms with Gasteiger partial charge in [-0.15, -0.1) is 0 Å². The quantitative estimate of drug-likeness (QED) is 0.789. The first-order valence-electron chi connectivity index (χ1n) is 4.58. The van der Waals surface area contributed by atoms with Gasteiger partial charge in [-0.2, -0.15) is 0 Å². The van der Waals surface area contributed by atoms with E-state index in [1.165, 1.54) is 12.1 Å². The molecule has 0 aliphatic heterocycles. The normalized spacial score (nSPS) is 12.5. The molecule has 2 nitrogen and oxygen atoms in total. The molecule has 0 heterocycles. The van der Waals surface area contributed by atoms with Crippen molar-refractivity contribution in [2.24, 2.45) is 0 Å². The van der Waals surface area contributed by atoms with Crippen LogP contribution in [0, 0.1) is 5.82 Å². The molecule has 1 rings (SSSR count). The number of ketones is 1. The molecule has 3 heteroatoms. The van der Waals surface area contributed by atoms with E-state index in [1.54, 1.807) is 26.1 Å². The summed E-state index contributed by atoms with van der Waals surface area (Å²) in [6.45, 7) is 1.79. The third kappa shape index (κ3) is 2.92. The van der Waals surface area contributed by atoms with Crippen LogP contribution in [0.3, 0.4) is 0 Å². The molecule has 0 fully saturated rings. The third-order valence-corrected chi connectivity index (χ3v) is 2.18. The van der Waals surface area contributed by atoms with Gasteiger partial charge in [0, 0.05) is 6.42 Å². The van der Waals surface area contributed by atoms with Gasteiger partial charge in [0.1, 0.15) is 5.82 Å². The highest BCUT2D eigenvalue weighted by molar-refractivity contribution is 5.85. The maximum Gasteiger partial charge on any atom is 0.153 e. The molecule has 1 N–H and O–H groups in total. The first kappa shape index (κ1) is 10.9. The number of Topliss-reactive ketones (excluding diaryl/α,β-unsaturated/α-hetero) is 1. The molecule has 1 aromatic carbocycles. The Morgan fingerprint density at radius 3 is 2.86 bits per heavy atom. The van der Waals surface area contributed by atoms with Crippen molar-refractivity contribution in [1.29, 1.82) is 0 Å². The minimum Gasteiger partial charge on any atom is -0.311 e. The largest absolute Gasteiger partial charge is 0.311 e. The van der Waals surface area contributed by atoms with Crippen LogP contribution in [0.2, 0.25) is 0 Å². The Bertz CT molecular complexity index is 325. The molecule has 1 atom stereocenters. The van der Waals surface area contributed by atoms with E-state index in [0.717, 1.165) is 5.56 Å². The first-order chi connectivity index (χ1) is 6.63. The van der Waals surface area contributed by atoms with E-state index in [1.807, 2.05) is 0 Å². The van der Waals surface area contributed by atoms with Gasteiger partial charge < -0.3 is 5.32 Å². The van der Waals surface area contributed by atoms with Gasteiger partial charge in [0.15, 0.2) is 5.78 Å². The van der Waals surface area contributed by atoms with E-state index in [0.29, 0.717) is 0 Å². The Hall–Kier alpha value is -1.22.